The van der Waals surface area contributed by atoms with Gasteiger partial charge in [0, 0.05) is 12.5 Å². The highest BCUT2D eigenvalue weighted by molar-refractivity contribution is 5.78. The lowest BCUT2D eigenvalue weighted by molar-refractivity contribution is -0.124. The van der Waals surface area contributed by atoms with E-state index in [-0.39, 0.29) is 17.9 Å². The smallest absolute Gasteiger partial charge is 0.224 e. The van der Waals surface area contributed by atoms with Gasteiger partial charge in [-0.3, -0.25) is 9.89 Å². The van der Waals surface area contributed by atoms with Crippen molar-refractivity contribution in [2.75, 3.05) is 6.54 Å². The molecule has 0 bridgehead atoms. The first-order valence-corrected chi connectivity index (χ1v) is 4.50. The molecule has 1 heterocycles. The Morgan fingerprint density at radius 1 is 1.71 bits per heavy atom. The van der Waals surface area contributed by atoms with Crippen LogP contribution in [-0.2, 0) is 4.79 Å². The molecule has 0 saturated carbocycles. The zero-order valence-corrected chi connectivity index (χ0v) is 8.32. The second kappa shape index (κ2) is 4.71. The molecule has 0 aliphatic carbocycles. The second-order valence-corrected chi connectivity index (χ2v) is 3.24. The number of rotatable bonds is 4. The van der Waals surface area contributed by atoms with Crippen LogP contribution < -0.4 is 11.1 Å². The average Bonchev–Trinajstić information content (AvgIpc) is 2.69. The minimum absolute atomic E-state index is 0.0728. The third kappa shape index (κ3) is 2.53. The molecule has 0 aromatic carbocycles. The highest BCUT2D eigenvalue weighted by Crippen LogP contribution is 2.05. The third-order valence-corrected chi connectivity index (χ3v) is 2.00. The number of carbonyl (C=O) groups excluding carboxylic acids is 1. The number of nitrogens with two attached hydrogens (primary N) is 1. The lowest BCUT2D eigenvalue weighted by Crippen LogP contribution is -2.35. The standard InChI is InChI=1S/C8H15N5O/c1-5(3-9)8(14)12-6(2)7-10-4-11-13-7/h4-6H,3,9H2,1-2H3,(H,12,14)(H,10,11,13). The van der Waals surface area contributed by atoms with Gasteiger partial charge in [0.25, 0.3) is 0 Å². The van der Waals surface area contributed by atoms with E-state index in [0.717, 1.165) is 0 Å². The summed E-state index contributed by atoms with van der Waals surface area (Å²) in [5, 5.41) is 9.18. The van der Waals surface area contributed by atoms with Gasteiger partial charge in [0.2, 0.25) is 5.91 Å². The monoisotopic (exact) mass is 197 g/mol. The first-order valence-electron chi connectivity index (χ1n) is 4.50. The molecule has 1 aromatic heterocycles. The van der Waals surface area contributed by atoms with Crippen molar-refractivity contribution in [3.63, 3.8) is 0 Å². The van der Waals surface area contributed by atoms with Crippen LogP contribution in [0, 0.1) is 5.92 Å². The molecule has 0 aliphatic heterocycles. The van der Waals surface area contributed by atoms with Crippen LogP contribution in [0.5, 0.6) is 0 Å². The molecule has 1 amide bonds. The number of hydrogen-bond donors (Lipinski definition) is 3. The van der Waals surface area contributed by atoms with Crippen molar-refractivity contribution in [3.05, 3.63) is 12.2 Å². The van der Waals surface area contributed by atoms with Crippen LogP contribution in [0.15, 0.2) is 6.33 Å². The molecule has 6 nitrogen and oxygen atoms in total. The van der Waals surface area contributed by atoms with Crippen molar-refractivity contribution < 1.29 is 4.79 Å². The number of amides is 1. The van der Waals surface area contributed by atoms with Crippen molar-refractivity contribution in [1.82, 2.24) is 20.5 Å². The summed E-state index contributed by atoms with van der Waals surface area (Å²) >= 11 is 0. The Kier molecular flexibility index (Phi) is 3.58. The number of carbonyl (C=O) groups is 1. The number of nitrogens with one attached hydrogen (secondary N) is 2. The van der Waals surface area contributed by atoms with Gasteiger partial charge >= 0.3 is 0 Å². The van der Waals surface area contributed by atoms with Gasteiger partial charge in [0.05, 0.1) is 6.04 Å². The molecular formula is C8H15N5O. The van der Waals surface area contributed by atoms with Crippen LogP contribution in [-0.4, -0.2) is 27.6 Å². The molecule has 78 valence electrons. The third-order valence-electron chi connectivity index (χ3n) is 2.00. The number of H-pyrrole nitrogens is 1. The van der Waals surface area contributed by atoms with E-state index in [1.165, 1.54) is 6.33 Å². The maximum atomic E-state index is 11.4. The van der Waals surface area contributed by atoms with Crippen molar-refractivity contribution in [1.29, 1.82) is 0 Å². The van der Waals surface area contributed by atoms with Gasteiger partial charge in [-0.2, -0.15) is 5.10 Å². The first-order chi connectivity index (χ1) is 6.65. The second-order valence-electron chi connectivity index (χ2n) is 3.24. The predicted molar refractivity (Wildman–Crippen MR) is 51.2 cm³/mol. The number of aromatic amines is 1. The number of nitrogens with zero attached hydrogens (tertiary/aromatic N) is 2. The molecule has 2 atom stereocenters. The van der Waals surface area contributed by atoms with E-state index in [9.17, 15) is 4.79 Å². The van der Waals surface area contributed by atoms with Crippen molar-refractivity contribution in [3.8, 4) is 0 Å². The summed E-state index contributed by atoms with van der Waals surface area (Å²) in [6.45, 7) is 3.96. The summed E-state index contributed by atoms with van der Waals surface area (Å²) in [5.74, 6) is 0.388. The zero-order chi connectivity index (χ0) is 10.6. The molecule has 4 N–H and O–H groups in total. The van der Waals surface area contributed by atoms with Crippen LogP contribution >= 0.6 is 0 Å². The van der Waals surface area contributed by atoms with Gasteiger partial charge in [0.15, 0.2) is 0 Å². The maximum Gasteiger partial charge on any atom is 0.224 e. The van der Waals surface area contributed by atoms with E-state index in [2.05, 4.69) is 20.5 Å². The highest BCUT2D eigenvalue weighted by atomic mass is 16.1. The summed E-state index contributed by atoms with van der Waals surface area (Å²) in [5.41, 5.74) is 5.37. The van der Waals surface area contributed by atoms with Gasteiger partial charge < -0.3 is 11.1 Å². The van der Waals surface area contributed by atoms with Gasteiger partial charge in [-0.15, -0.1) is 0 Å². The van der Waals surface area contributed by atoms with E-state index in [0.29, 0.717) is 12.4 Å². The molecule has 0 radical (unpaired) electrons. The lowest BCUT2D eigenvalue weighted by atomic mass is 10.1. The molecule has 0 aliphatic rings. The molecule has 0 fully saturated rings. The Labute approximate surface area is 82.3 Å². The first kappa shape index (κ1) is 10.6. The predicted octanol–water partition coefficient (Wildman–Crippen LogP) is -0.423. The fourth-order valence-electron chi connectivity index (χ4n) is 0.955. The van der Waals surface area contributed by atoms with E-state index in [1.807, 2.05) is 6.92 Å². The number of hydrogen-bond acceptors (Lipinski definition) is 4. The van der Waals surface area contributed by atoms with Crippen LogP contribution in [0.2, 0.25) is 0 Å². The molecule has 6 heteroatoms. The topological polar surface area (TPSA) is 96.7 Å². The van der Waals surface area contributed by atoms with E-state index >= 15 is 0 Å². The SMILES string of the molecule is CC(CN)C(=O)NC(C)c1ncn[nH]1. The Morgan fingerprint density at radius 2 is 2.43 bits per heavy atom. The maximum absolute atomic E-state index is 11.4. The highest BCUT2D eigenvalue weighted by Gasteiger charge is 2.15. The Hall–Kier alpha value is -1.43. The van der Waals surface area contributed by atoms with Gasteiger partial charge in [-0.25, -0.2) is 4.98 Å². The van der Waals surface area contributed by atoms with Gasteiger partial charge in [-0.05, 0) is 6.92 Å². The largest absolute Gasteiger partial charge is 0.346 e. The van der Waals surface area contributed by atoms with Crippen molar-refractivity contribution >= 4 is 5.91 Å². The lowest BCUT2D eigenvalue weighted by Gasteiger charge is -2.14. The summed E-state index contributed by atoms with van der Waals surface area (Å²) in [6, 6.07) is -0.168. The Morgan fingerprint density at radius 3 is 2.93 bits per heavy atom. The van der Waals surface area contributed by atoms with Crippen molar-refractivity contribution in [2.24, 2.45) is 11.7 Å². The quantitative estimate of drug-likeness (QED) is 0.610. The minimum Gasteiger partial charge on any atom is -0.346 e. The molecule has 1 aromatic rings. The fraction of sp³-hybridized carbons (Fsp3) is 0.625. The molecular weight excluding hydrogens is 182 g/mol. The molecule has 0 spiro atoms. The van der Waals surface area contributed by atoms with Crippen molar-refractivity contribution in [2.45, 2.75) is 19.9 Å². The van der Waals surface area contributed by atoms with E-state index in [4.69, 9.17) is 5.73 Å². The zero-order valence-electron chi connectivity index (χ0n) is 8.32. The molecule has 1 rings (SSSR count). The van der Waals surface area contributed by atoms with Gasteiger partial charge in [-0.1, -0.05) is 6.92 Å². The Balaban J connectivity index is 2.49. The molecule has 0 saturated heterocycles. The molecule has 2 unspecified atom stereocenters. The average molecular weight is 197 g/mol. The van der Waals surface area contributed by atoms with E-state index < -0.39 is 0 Å². The van der Waals surface area contributed by atoms with Crippen LogP contribution in [0.25, 0.3) is 0 Å². The minimum atomic E-state index is -0.180. The number of aromatic nitrogens is 3. The van der Waals surface area contributed by atoms with Crippen LogP contribution in [0.3, 0.4) is 0 Å². The summed E-state index contributed by atoms with van der Waals surface area (Å²) in [4.78, 5) is 15.4. The van der Waals surface area contributed by atoms with E-state index in [1.54, 1.807) is 6.92 Å². The summed E-state index contributed by atoms with van der Waals surface area (Å²) < 4.78 is 0. The van der Waals surface area contributed by atoms with Crippen LogP contribution in [0.4, 0.5) is 0 Å². The molecule has 14 heavy (non-hydrogen) atoms. The Bertz CT molecular complexity index is 284. The summed E-state index contributed by atoms with van der Waals surface area (Å²) in [7, 11) is 0. The van der Waals surface area contributed by atoms with Gasteiger partial charge in [0.1, 0.15) is 12.2 Å². The van der Waals surface area contributed by atoms with Crippen LogP contribution in [0.1, 0.15) is 25.7 Å². The summed E-state index contributed by atoms with van der Waals surface area (Å²) in [6.07, 6.45) is 1.41. The fourth-order valence-corrected chi connectivity index (χ4v) is 0.955. The normalized spacial score (nSPS) is 14.8.